The van der Waals surface area contributed by atoms with Crippen LogP contribution in [-0.2, 0) is 9.53 Å². The van der Waals surface area contributed by atoms with Crippen LogP contribution in [-0.4, -0.2) is 18.6 Å². The van der Waals surface area contributed by atoms with E-state index in [4.69, 9.17) is 10.00 Å². The molecule has 0 saturated carbocycles. The maximum absolute atomic E-state index is 11.9. The lowest BCUT2D eigenvalue weighted by Crippen LogP contribution is -2.31. The molecule has 1 aromatic carbocycles. The number of anilines is 1. The summed E-state index contributed by atoms with van der Waals surface area (Å²) < 4.78 is 5.38. The van der Waals surface area contributed by atoms with Gasteiger partial charge in [0.1, 0.15) is 6.10 Å². The van der Waals surface area contributed by atoms with E-state index in [1.807, 2.05) is 13.0 Å². The Morgan fingerprint density at radius 1 is 1.59 bits per heavy atom. The molecule has 4 heteroatoms. The first-order valence-electron chi connectivity index (χ1n) is 5.63. The summed E-state index contributed by atoms with van der Waals surface area (Å²) >= 11 is 0. The van der Waals surface area contributed by atoms with Gasteiger partial charge in [0.05, 0.1) is 11.6 Å². The molecule has 1 N–H and O–H groups in total. The number of carbonyl (C=O) groups excluding carboxylic acids is 1. The molecule has 0 bridgehead atoms. The highest BCUT2D eigenvalue weighted by atomic mass is 16.5. The van der Waals surface area contributed by atoms with E-state index < -0.39 is 0 Å². The SMILES string of the molecule is CC1CCOC1C(=O)Nc1cccc(C#N)c1. The zero-order valence-corrected chi connectivity index (χ0v) is 9.64. The summed E-state index contributed by atoms with van der Waals surface area (Å²) in [6.45, 7) is 2.64. The van der Waals surface area contributed by atoms with Gasteiger partial charge in [0, 0.05) is 12.3 Å². The van der Waals surface area contributed by atoms with Crippen LogP contribution in [0.4, 0.5) is 5.69 Å². The summed E-state index contributed by atoms with van der Waals surface area (Å²) in [6, 6.07) is 8.89. The van der Waals surface area contributed by atoms with Crippen LogP contribution >= 0.6 is 0 Å². The van der Waals surface area contributed by atoms with Crippen LogP contribution < -0.4 is 5.32 Å². The highest BCUT2D eigenvalue weighted by Crippen LogP contribution is 2.21. The van der Waals surface area contributed by atoms with Crippen LogP contribution in [0.2, 0.25) is 0 Å². The van der Waals surface area contributed by atoms with E-state index in [0.29, 0.717) is 17.9 Å². The second-order valence-corrected chi connectivity index (χ2v) is 4.24. The summed E-state index contributed by atoms with van der Waals surface area (Å²) in [5, 5.41) is 11.5. The molecular formula is C13H14N2O2. The average Bonchev–Trinajstić information content (AvgIpc) is 2.76. The van der Waals surface area contributed by atoms with Gasteiger partial charge < -0.3 is 10.1 Å². The third kappa shape index (κ3) is 2.63. The quantitative estimate of drug-likeness (QED) is 0.844. The van der Waals surface area contributed by atoms with Crippen molar-refractivity contribution in [3.63, 3.8) is 0 Å². The molecule has 1 saturated heterocycles. The van der Waals surface area contributed by atoms with Gasteiger partial charge in [-0.05, 0) is 30.5 Å². The van der Waals surface area contributed by atoms with Crippen LogP contribution in [0.15, 0.2) is 24.3 Å². The molecule has 2 atom stereocenters. The number of hydrogen-bond acceptors (Lipinski definition) is 3. The van der Waals surface area contributed by atoms with Crippen molar-refractivity contribution < 1.29 is 9.53 Å². The maximum atomic E-state index is 11.9. The molecule has 17 heavy (non-hydrogen) atoms. The Bertz CT molecular complexity index is 465. The van der Waals surface area contributed by atoms with E-state index in [2.05, 4.69) is 5.32 Å². The molecule has 1 heterocycles. The molecular weight excluding hydrogens is 216 g/mol. The second-order valence-electron chi connectivity index (χ2n) is 4.24. The van der Waals surface area contributed by atoms with Crippen LogP contribution in [0.25, 0.3) is 0 Å². The molecule has 1 amide bonds. The van der Waals surface area contributed by atoms with Crippen molar-refractivity contribution in [3.05, 3.63) is 29.8 Å². The Labute approximate surface area is 100 Å². The van der Waals surface area contributed by atoms with Gasteiger partial charge in [-0.25, -0.2) is 0 Å². The molecule has 1 fully saturated rings. The lowest BCUT2D eigenvalue weighted by molar-refractivity contribution is -0.126. The maximum Gasteiger partial charge on any atom is 0.253 e. The minimum Gasteiger partial charge on any atom is -0.368 e. The molecule has 4 nitrogen and oxygen atoms in total. The number of hydrogen-bond donors (Lipinski definition) is 1. The molecule has 1 aromatic rings. The van der Waals surface area contributed by atoms with Gasteiger partial charge in [-0.3, -0.25) is 4.79 Å². The molecule has 0 spiro atoms. The number of rotatable bonds is 2. The van der Waals surface area contributed by atoms with Gasteiger partial charge in [0.25, 0.3) is 5.91 Å². The zero-order valence-electron chi connectivity index (χ0n) is 9.64. The number of carbonyl (C=O) groups is 1. The summed E-state index contributed by atoms with van der Waals surface area (Å²) in [4.78, 5) is 11.9. The first-order valence-corrected chi connectivity index (χ1v) is 5.63. The highest BCUT2D eigenvalue weighted by Gasteiger charge is 2.30. The average molecular weight is 230 g/mol. The van der Waals surface area contributed by atoms with Gasteiger partial charge in [-0.1, -0.05) is 13.0 Å². The minimum atomic E-state index is -0.374. The Hall–Kier alpha value is -1.86. The number of nitriles is 1. The fourth-order valence-corrected chi connectivity index (χ4v) is 1.91. The first-order chi connectivity index (χ1) is 8.20. The lowest BCUT2D eigenvalue weighted by atomic mass is 10.0. The fraction of sp³-hybridized carbons (Fsp3) is 0.385. The predicted molar refractivity (Wildman–Crippen MR) is 63.3 cm³/mol. The third-order valence-electron chi connectivity index (χ3n) is 2.91. The van der Waals surface area contributed by atoms with E-state index in [-0.39, 0.29) is 17.9 Å². The van der Waals surface area contributed by atoms with Crippen molar-refractivity contribution >= 4 is 11.6 Å². The van der Waals surface area contributed by atoms with Gasteiger partial charge in [-0.2, -0.15) is 5.26 Å². The number of nitrogens with zero attached hydrogens (tertiary/aromatic N) is 1. The standard InChI is InChI=1S/C13H14N2O2/c1-9-5-6-17-12(9)13(16)15-11-4-2-3-10(7-11)8-14/h2-4,7,9,12H,5-6H2,1H3,(H,15,16). The molecule has 2 rings (SSSR count). The summed E-state index contributed by atoms with van der Waals surface area (Å²) in [5.74, 6) is 0.110. The van der Waals surface area contributed by atoms with Crippen molar-refractivity contribution in [3.8, 4) is 6.07 Å². The highest BCUT2D eigenvalue weighted by molar-refractivity contribution is 5.94. The van der Waals surface area contributed by atoms with Crippen LogP contribution in [0.1, 0.15) is 18.9 Å². The van der Waals surface area contributed by atoms with Gasteiger partial charge in [-0.15, -0.1) is 0 Å². The summed E-state index contributed by atoms with van der Waals surface area (Å²) in [5.41, 5.74) is 1.17. The van der Waals surface area contributed by atoms with E-state index >= 15 is 0 Å². The van der Waals surface area contributed by atoms with E-state index in [1.165, 1.54) is 0 Å². The van der Waals surface area contributed by atoms with Crippen LogP contribution in [0.5, 0.6) is 0 Å². The smallest absolute Gasteiger partial charge is 0.253 e. The van der Waals surface area contributed by atoms with Gasteiger partial charge in [0.15, 0.2) is 0 Å². The summed E-state index contributed by atoms with van der Waals surface area (Å²) in [7, 11) is 0. The Morgan fingerprint density at radius 3 is 3.06 bits per heavy atom. The van der Waals surface area contributed by atoms with E-state index in [1.54, 1.807) is 24.3 Å². The van der Waals surface area contributed by atoms with Crippen molar-refractivity contribution in [2.75, 3.05) is 11.9 Å². The largest absolute Gasteiger partial charge is 0.368 e. The molecule has 0 aliphatic carbocycles. The van der Waals surface area contributed by atoms with E-state index in [0.717, 1.165) is 6.42 Å². The lowest BCUT2D eigenvalue weighted by Gasteiger charge is -2.14. The topological polar surface area (TPSA) is 62.1 Å². The number of ether oxygens (including phenoxy) is 1. The van der Waals surface area contributed by atoms with Crippen LogP contribution in [0, 0.1) is 17.2 Å². The van der Waals surface area contributed by atoms with Crippen molar-refractivity contribution in [1.82, 2.24) is 0 Å². The monoisotopic (exact) mass is 230 g/mol. The number of amides is 1. The Morgan fingerprint density at radius 2 is 2.41 bits per heavy atom. The molecule has 1 aliphatic rings. The number of benzene rings is 1. The molecule has 2 unspecified atom stereocenters. The second kappa shape index (κ2) is 4.98. The molecule has 88 valence electrons. The Balaban J connectivity index is 2.05. The minimum absolute atomic E-state index is 0.134. The van der Waals surface area contributed by atoms with Crippen molar-refractivity contribution in [2.45, 2.75) is 19.4 Å². The van der Waals surface area contributed by atoms with Crippen molar-refractivity contribution in [2.24, 2.45) is 5.92 Å². The predicted octanol–water partition coefficient (Wildman–Crippen LogP) is 1.92. The van der Waals surface area contributed by atoms with Crippen LogP contribution in [0.3, 0.4) is 0 Å². The first kappa shape index (κ1) is 11.6. The third-order valence-corrected chi connectivity index (χ3v) is 2.91. The Kier molecular flexibility index (Phi) is 3.40. The van der Waals surface area contributed by atoms with Gasteiger partial charge >= 0.3 is 0 Å². The molecule has 1 aliphatic heterocycles. The molecule has 0 radical (unpaired) electrons. The number of nitrogens with one attached hydrogen (secondary N) is 1. The summed E-state index contributed by atoms with van der Waals surface area (Å²) in [6.07, 6.45) is 0.539. The zero-order chi connectivity index (χ0) is 12.3. The molecule has 0 aromatic heterocycles. The van der Waals surface area contributed by atoms with E-state index in [9.17, 15) is 4.79 Å². The fourth-order valence-electron chi connectivity index (χ4n) is 1.91. The van der Waals surface area contributed by atoms with Crippen molar-refractivity contribution in [1.29, 1.82) is 5.26 Å². The normalized spacial score (nSPS) is 23.1. The van der Waals surface area contributed by atoms with Gasteiger partial charge in [0.2, 0.25) is 0 Å².